The van der Waals surface area contributed by atoms with Gasteiger partial charge in [0.05, 0.1) is 6.10 Å². The zero-order valence-electron chi connectivity index (χ0n) is 14.0. The number of aromatic amines is 1. The lowest BCUT2D eigenvalue weighted by Gasteiger charge is -2.27. The van der Waals surface area contributed by atoms with Crippen LogP contribution in [0.5, 0.6) is 0 Å². The molecule has 2 aliphatic rings. The summed E-state index contributed by atoms with van der Waals surface area (Å²) in [6.07, 6.45) is 9.25. The summed E-state index contributed by atoms with van der Waals surface area (Å²) in [7, 11) is 0. The van der Waals surface area contributed by atoms with Crippen molar-refractivity contribution in [2.24, 2.45) is 0 Å². The number of benzene rings is 1. The molecule has 3 heterocycles. The van der Waals surface area contributed by atoms with Gasteiger partial charge in [0.1, 0.15) is 0 Å². The second-order valence-corrected chi connectivity index (χ2v) is 6.74. The summed E-state index contributed by atoms with van der Waals surface area (Å²) in [6, 6.07) is 8.38. The van der Waals surface area contributed by atoms with Crippen molar-refractivity contribution in [3.8, 4) is 0 Å². The molecule has 2 aromatic rings. The van der Waals surface area contributed by atoms with Crippen LogP contribution >= 0.6 is 0 Å². The van der Waals surface area contributed by atoms with Gasteiger partial charge in [-0.15, -0.1) is 0 Å². The highest BCUT2D eigenvalue weighted by molar-refractivity contribution is 5.93. The monoisotopic (exact) mass is 324 g/mol. The molecule has 0 radical (unpaired) electrons. The Hall–Kier alpha value is -2.07. The lowest BCUT2D eigenvalue weighted by Crippen LogP contribution is -2.35. The highest BCUT2D eigenvalue weighted by Crippen LogP contribution is 2.29. The summed E-state index contributed by atoms with van der Waals surface area (Å²) in [5.41, 5.74) is 3.79. The number of carbonyl (C=O) groups excluding carboxylic acids is 1. The summed E-state index contributed by atoms with van der Waals surface area (Å²) in [6.45, 7) is 2.40. The van der Waals surface area contributed by atoms with Gasteiger partial charge < -0.3 is 14.6 Å². The molecule has 2 aliphatic heterocycles. The van der Waals surface area contributed by atoms with Crippen LogP contribution in [0.4, 0.5) is 0 Å². The fourth-order valence-electron chi connectivity index (χ4n) is 3.79. The molecular weight excluding hydrogens is 300 g/mol. The predicted molar refractivity (Wildman–Crippen MR) is 95.7 cm³/mol. The van der Waals surface area contributed by atoms with Gasteiger partial charge in [0.25, 0.3) is 0 Å². The molecule has 0 aliphatic carbocycles. The Morgan fingerprint density at radius 3 is 3.04 bits per heavy atom. The minimum Gasteiger partial charge on any atom is -0.378 e. The van der Waals surface area contributed by atoms with Crippen molar-refractivity contribution < 1.29 is 9.53 Å². The highest BCUT2D eigenvalue weighted by Gasteiger charge is 2.22. The fourth-order valence-corrected chi connectivity index (χ4v) is 3.79. The van der Waals surface area contributed by atoms with Crippen LogP contribution in [0.3, 0.4) is 0 Å². The maximum atomic E-state index is 12.4. The molecule has 126 valence electrons. The third-order valence-electron chi connectivity index (χ3n) is 5.20. The van der Waals surface area contributed by atoms with Crippen molar-refractivity contribution >= 4 is 22.4 Å². The largest absolute Gasteiger partial charge is 0.378 e. The number of nitrogens with one attached hydrogen (secondary N) is 1. The molecule has 24 heavy (non-hydrogen) atoms. The number of ether oxygens (including phenoxy) is 1. The molecule has 4 nitrogen and oxygen atoms in total. The fraction of sp³-hybridized carbons (Fsp3) is 0.450. The molecule has 0 spiro atoms. The number of carbonyl (C=O) groups is 1. The van der Waals surface area contributed by atoms with Crippen LogP contribution in [-0.4, -0.2) is 41.6 Å². The van der Waals surface area contributed by atoms with E-state index < -0.39 is 0 Å². The molecule has 0 bridgehead atoms. The van der Waals surface area contributed by atoms with E-state index >= 15 is 0 Å². The third kappa shape index (κ3) is 3.11. The molecule has 1 saturated heterocycles. The van der Waals surface area contributed by atoms with Crippen LogP contribution in [-0.2, 0) is 9.53 Å². The minimum absolute atomic E-state index is 0.264. The Morgan fingerprint density at radius 1 is 1.33 bits per heavy atom. The molecule has 1 aromatic carbocycles. The van der Waals surface area contributed by atoms with Crippen LogP contribution in [0.25, 0.3) is 16.5 Å². The number of H-pyrrole nitrogens is 1. The van der Waals surface area contributed by atoms with E-state index in [0.29, 0.717) is 12.5 Å². The number of hydrogen-bond acceptors (Lipinski definition) is 2. The van der Waals surface area contributed by atoms with E-state index in [0.717, 1.165) is 45.4 Å². The van der Waals surface area contributed by atoms with E-state index in [-0.39, 0.29) is 5.91 Å². The van der Waals surface area contributed by atoms with Crippen LogP contribution in [0.2, 0.25) is 0 Å². The van der Waals surface area contributed by atoms with E-state index in [4.69, 9.17) is 4.74 Å². The number of fused-ring (bicyclic) bond motifs is 1. The quantitative estimate of drug-likeness (QED) is 0.931. The van der Waals surface area contributed by atoms with Gasteiger partial charge >= 0.3 is 0 Å². The zero-order valence-corrected chi connectivity index (χ0v) is 14.0. The van der Waals surface area contributed by atoms with Crippen molar-refractivity contribution in [2.75, 3.05) is 19.7 Å². The first-order valence-corrected chi connectivity index (χ1v) is 8.96. The maximum Gasteiger partial charge on any atom is 0.222 e. The third-order valence-corrected chi connectivity index (χ3v) is 5.20. The molecule has 4 heteroatoms. The van der Waals surface area contributed by atoms with Gasteiger partial charge in [-0.25, -0.2) is 0 Å². The van der Waals surface area contributed by atoms with Gasteiger partial charge in [0.15, 0.2) is 0 Å². The standard InChI is InChI=1S/C20H24N2O2/c23-20(8-7-16-4-3-13-24-16)22-11-9-15(10-12-22)18-14-21-19-6-2-1-5-17(18)19/h1-2,5-6,9,14,16,21H,3-4,7-8,10-13H2. The van der Waals surface area contributed by atoms with Crippen LogP contribution < -0.4 is 0 Å². The van der Waals surface area contributed by atoms with Gasteiger partial charge in [-0.3, -0.25) is 4.79 Å². The van der Waals surface area contributed by atoms with E-state index in [2.05, 4.69) is 35.5 Å². The number of rotatable bonds is 4. The molecule has 4 rings (SSSR count). The van der Waals surface area contributed by atoms with Gasteiger partial charge in [-0.2, -0.15) is 0 Å². The second kappa shape index (κ2) is 6.81. The first-order valence-electron chi connectivity index (χ1n) is 8.96. The summed E-state index contributed by atoms with van der Waals surface area (Å²) in [5, 5.41) is 1.27. The van der Waals surface area contributed by atoms with Gasteiger partial charge in [0.2, 0.25) is 5.91 Å². The molecular formula is C20H24N2O2. The average molecular weight is 324 g/mol. The SMILES string of the molecule is O=C(CCC1CCCO1)N1CC=C(c2c[nH]c3ccccc23)CC1. The number of hydrogen-bond donors (Lipinski definition) is 1. The summed E-state index contributed by atoms with van der Waals surface area (Å²) < 4.78 is 5.61. The minimum atomic E-state index is 0.264. The lowest BCUT2D eigenvalue weighted by atomic mass is 9.98. The molecule has 0 saturated carbocycles. The van der Waals surface area contributed by atoms with Crippen molar-refractivity contribution in [1.82, 2.24) is 9.88 Å². The lowest BCUT2D eigenvalue weighted by molar-refractivity contribution is -0.131. The van der Waals surface area contributed by atoms with Crippen LogP contribution in [0, 0.1) is 0 Å². The molecule has 1 fully saturated rings. The average Bonchev–Trinajstić information content (AvgIpc) is 3.29. The van der Waals surface area contributed by atoms with Crippen molar-refractivity contribution in [2.45, 2.75) is 38.2 Å². The molecule has 1 N–H and O–H groups in total. The summed E-state index contributed by atoms with van der Waals surface area (Å²) >= 11 is 0. The first kappa shape index (κ1) is 15.5. The summed E-state index contributed by atoms with van der Waals surface area (Å²) in [4.78, 5) is 17.7. The topological polar surface area (TPSA) is 45.3 Å². The molecule has 1 unspecified atom stereocenters. The Labute approximate surface area is 142 Å². The van der Waals surface area contributed by atoms with Crippen LogP contribution in [0.1, 0.15) is 37.7 Å². The van der Waals surface area contributed by atoms with Crippen molar-refractivity contribution in [3.63, 3.8) is 0 Å². The smallest absolute Gasteiger partial charge is 0.222 e. The Balaban J connectivity index is 1.38. The van der Waals surface area contributed by atoms with Gasteiger partial charge in [0, 0.05) is 48.8 Å². The van der Waals surface area contributed by atoms with Gasteiger partial charge in [-0.05, 0) is 37.3 Å². The van der Waals surface area contributed by atoms with Crippen LogP contribution in [0.15, 0.2) is 36.5 Å². The van der Waals surface area contributed by atoms with Crippen molar-refractivity contribution in [1.29, 1.82) is 0 Å². The first-order chi connectivity index (χ1) is 11.8. The van der Waals surface area contributed by atoms with Gasteiger partial charge in [-0.1, -0.05) is 24.3 Å². The molecule has 1 aromatic heterocycles. The second-order valence-electron chi connectivity index (χ2n) is 6.74. The number of nitrogens with zero attached hydrogens (tertiary/aromatic N) is 1. The number of aromatic nitrogens is 1. The molecule has 1 atom stereocenters. The Bertz CT molecular complexity index is 756. The molecule has 1 amide bonds. The number of para-hydroxylation sites is 1. The van der Waals surface area contributed by atoms with E-state index in [1.165, 1.54) is 22.0 Å². The van der Waals surface area contributed by atoms with Crippen molar-refractivity contribution in [3.05, 3.63) is 42.1 Å². The zero-order chi connectivity index (χ0) is 16.4. The number of amides is 1. The highest BCUT2D eigenvalue weighted by atomic mass is 16.5. The van der Waals surface area contributed by atoms with E-state index in [9.17, 15) is 4.79 Å². The van der Waals surface area contributed by atoms with E-state index in [1.54, 1.807) is 0 Å². The summed E-state index contributed by atoms with van der Waals surface area (Å²) in [5.74, 6) is 0.264. The van der Waals surface area contributed by atoms with E-state index in [1.807, 2.05) is 11.0 Å². The Kier molecular flexibility index (Phi) is 4.39. The Morgan fingerprint density at radius 2 is 2.25 bits per heavy atom. The maximum absolute atomic E-state index is 12.4. The predicted octanol–water partition coefficient (Wildman–Crippen LogP) is 3.74. The normalized spacial score (nSPS) is 21.2.